The quantitative estimate of drug-likeness (QED) is 0.546. The summed E-state index contributed by atoms with van der Waals surface area (Å²) in [6.07, 6.45) is 3.67. The molecule has 0 radical (unpaired) electrons. The van der Waals surface area contributed by atoms with E-state index in [9.17, 15) is 4.79 Å². The molecule has 3 aromatic heterocycles. The Bertz CT molecular complexity index is 1240. The topological polar surface area (TPSA) is 90.5 Å². The number of benzene rings is 1. The van der Waals surface area contributed by atoms with Crippen LogP contribution in [0.5, 0.6) is 0 Å². The van der Waals surface area contributed by atoms with Crippen molar-refractivity contribution in [3.8, 4) is 11.5 Å². The minimum absolute atomic E-state index is 0.0534. The molecule has 0 fully saturated rings. The monoisotopic (exact) mass is 403 g/mol. The van der Waals surface area contributed by atoms with Crippen molar-refractivity contribution >= 4 is 22.8 Å². The highest BCUT2D eigenvalue weighted by Crippen LogP contribution is 2.25. The number of nitrogens with zero attached hydrogens (tertiary/aromatic N) is 6. The molecule has 0 aliphatic heterocycles. The van der Waals surface area contributed by atoms with Crippen molar-refractivity contribution in [2.24, 2.45) is 5.92 Å². The van der Waals surface area contributed by atoms with Gasteiger partial charge in [-0.25, -0.2) is 14.6 Å². The third-order valence-electron chi connectivity index (χ3n) is 4.97. The largest absolute Gasteiger partial charge is 0.311 e. The van der Waals surface area contributed by atoms with Crippen molar-refractivity contribution in [2.45, 2.75) is 41.0 Å². The SMILES string of the molecule is Cc1cc(NC(=O)CC(C)C)n(-c2ncnc3c2cnn3-c2ccc(C)c(C)c2)n1. The van der Waals surface area contributed by atoms with Crippen molar-refractivity contribution in [3.63, 3.8) is 0 Å². The second-order valence-corrected chi connectivity index (χ2v) is 7.99. The van der Waals surface area contributed by atoms with Gasteiger partial charge in [-0.15, -0.1) is 0 Å². The highest BCUT2D eigenvalue weighted by molar-refractivity contribution is 5.91. The second-order valence-electron chi connectivity index (χ2n) is 7.99. The zero-order valence-corrected chi connectivity index (χ0v) is 17.8. The first kappa shape index (κ1) is 19.8. The first-order valence-electron chi connectivity index (χ1n) is 9.96. The number of carbonyl (C=O) groups is 1. The number of amides is 1. The predicted octanol–water partition coefficient (Wildman–Crippen LogP) is 3.91. The molecule has 3 heterocycles. The summed E-state index contributed by atoms with van der Waals surface area (Å²) in [4.78, 5) is 21.2. The number of hydrogen-bond donors (Lipinski definition) is 1. The van der Waals surface area contributed by atoms with Gasteiger partial charge >= 0.3 is 0 Å². The van der Waals surface area contributed by atoms with Crippen LogP contribution in [0.2, 0.25) is 0 Å². The molecular formula is C22H25N7O. The van der Waals surface area contributed by atoms with Crippen molar-refractivity contribution in [1.29, 1.82) is 0 Å². The summed E-state index contributed by atoms with van der Waals surface area (Å²) >= 11 is 0. The van der Waals surface area contributed by atoms with E-state index in [0.717, 1.165) is 16.8 Å². The lowest BCUT2D eigenvalue weighted by atomic mass is 10.1. The van der Waals surface area contributed by atoms with Crippen LogP contribution < -0.4 is 5.32 Å². The molecule has 0 bridgehead atoms. The first-order valence-corrected chi connectivity index (χ1v) is 9.96. The molecule has 0 saturated carbocycles. The minimum Gasteiger partial charge on any atom is -0.311 e. The maximum atomic E-state index is 12.3. The van der Waals surface area contributed by atoms with Crippen molar-refractivity contribution in [3.05, 3.63) is 53.6 Å². The summed E-state index contributed by atoms with van der Waals surface area (Å²) in [5.41, 5.74) is 4.79. The molecule has 1 amide bonds. The molecule has 1 N–H and O–H groups in total. The molecule has 0 unspecified atom stereocenters. The average molecular weight is 403 g/mol. The van der Waals surface area contributed by atoms with E-state index in [1.807, 2.05) is 32.9 Å². The number of carbonyl (C=O) groups excluding carboxylic acids is 1. The Balaban J connectivity index is 1.79. The van der Waals surface area contributed by atoms with Crippen LogP contribution in [0, 0.1) is 26.7 Å². The second kappa shape index (κ2) is 7.70. The molecule has 0 aliphatic carbocycles. The number of hydrogen-bond acceptors (Lipinski definition) is 5. The lowest BCUT2D eigenvalue weighted by Gasteiger charge is -2.10. The minimum atomic E-state index is -0.0534. The number of rotatable bonds is 5. The summed E-state index contributed by atoms with van der Waals surface area (Å²) in [6.45, 7) is 10.1. The van der Waals surface area contributed by atoms with E-state index < -0.39 is 0 Å². The van der Waals surface area contributed by atoms with Gasteiger partial charge < -0.3 is 5.32 Å². The fourth-order valence-corrected chi connectivity index (χ4v) is 3.36. The van der Waals surface area contributed by atoms with E-state index in [4.69, 9.17) is 0 Å². The molecule has 0 aliphatic rings. The fourth-order valence-electron chi connectivity index (χ4n) is 3.36. The van der Waals surface area contributed by atoms with Gasteiger partial charge in [0, 0.05) is 12.5 Å². The molecule has 4 aromatic rings. The normalized spacial score (nSPS) is 11.4. The van der Waals surface area contributed by atoms with Crippen LogP contribution in [0.1, 0.15) is 37.1 Å². The Kier molecular flexibility index (Phi) is 5.07. The van der Waals surface area contributed by atoms with Gasteiger partial charge in [-0.2, -0.15) is 14.9 Å². The van der Waals surface area contributed by atoms with Crippen LogP contribution in [0.4, 0.5) is 5.82 Å². The number of aromatic nitrogens is 6. The third kappa shape index (κ3) is 3.68. The van der Waals surface area contributed by atoms with Crippen LogP contribution in [0.25, 0.3) is 22.5 Å². The van der Waals surface area contributed by atoms with Gasteiger partial charge in [0.1, 0.15) is 12.1 Å². The number of fused-ring (bicyclic) bond motifs is 1. The zero-order valence-electron chi connectivity index (χ0n) is 17.8. The van der Waals surface area contributed by atoms with Gasteiger partial charge in [0.05, 0.1) is 23.0 Å². The number of nitrogens with one attached hydrogen (secondary N) is 1. The van der Waals surface area contributed by atoms with E-state index in [1.165, 1.54) is 17.5 Å². The number of aryl methyl sites for hydroxylation is 3. The number of anilines is 1. The highest BCUT2D eigenvalue weighted by Gasteiger charge is 2.18. The third-order valence-corrected chi connectivity index (χ3v) is 4.97. The smallest absolute Gasteiger partial charge is 0.225 e. The lowest BCUT2D eigenvalue weighted by Crippen LogP contribution is -2.17. The summed E-state index contributed by atoms with van der Waals surface area (Å²) in [7, 11) is 0. The Morgan fingerprint density at radius 2 is 1.87 bits per heavy atom. The molecule has 1 aromatic carbocycles. The van der Waals surface area contributed by atoms with Gasteiger partial charge in [-0.05, 0) is 49.9 Å². The van der Waals surface area contributed by atoms with Crippen molar-refractivity contribution in [2.75, 3.05) is 5.32 Å². The molecule has 30 heavy (non-hydrogen) atoms. The van der Waals surface area contributed by atoms with Crippen LogP contribution in [0.15, 0.2) is 36.8 Å². The summed E-state index contributed by atoms with van der Waals surface area (Å²) in [5, 5.41) is 12.8. The molecule has 0 saturated heterocycles. The van der Waals surface area contributed by atoms with E-state index in [2.05, 4.69) is 51.5 Å². The Morgan fingerprint density at radius 3 is 2.60 bits per heavy atom. The fraction of sp³-hybridized carbons (Fsp3) is 0.318. The van der Waals surface area contributed by atoms with Gasteiger partial charge in [0.25, 0.3) is 0 Å². The maximum Gasteiger partial charge on any atom is 0.225 e. The van der Waals surface area contributed by atoms with E-state index in [1.54, 1.807) is 15.6 Å². The highest BCUT2D eigenvalue weighted by atomic mass is 16.1. The average Bonchev–Trinajstić information content (AvgIpc) is 3.26. The van der Waals surface area contributed by atoms with E-state index in [0.29, 0.717) is 23.7 Å². The Hall–Kier alpha value is -3.55. The van der Waals surface area contributed by atoms with Gasteiger partial charge in [0.2, 0.25) is 5.91 Å². The predicted molar refractivity (Wildman–Crippen MR) is 116 cm³/mol. The van der Waals surface area contributed by atoms with Crippen molar-refractivity contribution < 1.29 is 4.79 Å². The molecule has 8 heteroatoms. The molecule has 0 spiro atoms. The van der Waals surface area contributed by atoms with E-state index in [-0.39, 0.29) is 11.8 Å². The van der Waals surface area contributed by atoms with E-state index >= 15 is 0 Å². The van der Waals surface area contributed by atoms with Crippen molar-refractivity contribution in [1.82, 2.24) is 29.5 Å². The summed E-state index contributed by atoms with van der Waals surface area (Å²) in [5.74, 6) is 1.37. The Morgan fingerprint density at radius 1 is 1.07 bits per heavy atom. The molecule has 154 valence electrons. The van der Waals surface area contributed by atoms with Gasteiger partial charge in [-0.3, -0.25) is 4.79 Å². The van der Waals surface area contributed by atoms with Gasteiger partial charge in [0.15, 0.2) is 11.5 Å². The molecule has 8 nitrogen and oxygen atoms in total. The van der Waals surface area contributed by atoms with Crippen LogP contribution >= 0.6 is 0 Å². The summed E-state index contributed by atoms with van der Waals surface area (Å²) in [6, 6.07) is 8.00. The zero-order chi connectivity index (χ0) is 21.4. The molecule has 4 rings (SSSR count). The standard InChI is InChI=1S/C22H25N7O/c1-13(2)8-20(30)26-19-10-16(5)27-29(19)22-18-11-25-28(21(18)23-12-24-22)17-7-6-14(3)15(4)9-17/h6-7,9-13H,8H2,1-5H3,(H,26,30). The molecule has 0 atom stereocenters. The molecular weight excluding hydrogens is 378 g/mol. The van der Waals surface area contributed by atoms with Crippen LogP contribution in [-0.4, -0.2) is 35.4 Å². The first-order chi connectivity index (χ1) is 14.3. The summed E-state index contributed by atoms with van der Waals surface area (Å²) < 4.78 is 3.43. The lowest BCUT2D eigenvalue weighted by molar-refractivity contribution is -0.116. The Labute approximate surface area is 175 Å². The maximum absolute atomic E-state index is 12.3. The van der Waals surface area contributed by atoms with Crippen LogP contribution in [-0.2, 0) is 4.79 Å². The van der Waals surface area contributed by atoms with Crippen LogP contribution in [0.3, 0.4) is 0 Å². The van der Waals surface area contributed by atoms with Gasteiger partial charge in [-0.1, -0.05) is 19.9 Å².